The molecule has 0 aliphatic rings. The third kappa shape index (κ3) is 60.5. The second kappa shape index (κ2) is 60.0. The van der Waals surface area contributed by atoms with Crippen molar-refractivity contribution >= 4 is 19.7 Å². The van der Waals surface area contributed by atoms with Crippen LogP contribution < -0.4 is 10.2 Å². The highest BCUT2D eigenvalue weighted by molar-refractivity contribution is 7.45. The predicted octanol–water partition coefficient (Wildman–Crippen LogP) is 20.0. The van der Waals surface area contributed by atoms with Crippen molar-refractivity contribution in [2.45, 2.75) is 258 Å². The molecule has 0 aromatic carbocycles. The molecule has 9 nitrogen and oxygen atoms in total. The molecule has 0 saturated heterocycles. The molecule has 1 amide bonds. The van der Waals surface area contributed by atoms with E-state index in [0.29, 0.717) is 23.9 Å². The lowest BCUT2D eigenvalue weighted by Gasteiger charge is -2.30. The third-order valence-corrected chi connectivity index (χ3v) is 14.5. The number of nitrogens with zero attached hydrogens (tertiary/aromatic N) is 1. The molecule has 1 N–H and O–H groups in total. The molecule has 466 valence electrons. The average Bonchev–Trinajstić information content (AvgIpc) is 3.44. The Morgan fingerprint density at radius 3 is 1.18 bits per heavy atom. The Labute approximate surface area is 504 Å². The van der Waals surface area contributed by atoms with Crippen LogP contribution in [0.3, 0.4) is 0 Å². The number of likely N-dealkylation sites (N-methyl/N-ethyl adjacent to an activating group) is 1. The Hall–Kier alpha value is -4.11. The minimum atomic E-state index is -4.73. The van der Waals surface area contributed by atoms with Crippen molar-refractivity contribution in [2.24, 2.45) is 0 Å². The number of carbonyl (C=O) groups is 2. The average molecular weight is 1160 g/mol. The van der Waals surface area contributed by atoms with Gasteiger partial charge in [0.25, 0.3) is 7.82 Å². The molecule has 0 aliphatic heterocycles. The molecule has 0 rings (SSSR count). The molecule has 0 aromatic heterocycles. The molecule has 0 heterocycles. The molecule has 0 aromatic rings. The van der Waals surface area contributed by atoms with Crippen molar-refractivity contribution in [1.29, 1.82) is 0 Å². The minimum Gasteiger partial charge on any atom is -0.756 e. The van der Waals surface area contributed by atoms with Crippen molar-refractivity contribution in [1.82, 2.24) is 5.32 Å². The van der Waals surface area contributed by atoms with Gasteiger partial charge in [-0.3, -0.25) is 14.2 Å². The van der Waals surface area contributed by atoms with E-state index < -0.39 is 26.6 Å². The van der Waals surface area contributed by atoms with Crippen molar-refractivity contribution in [2.75, 3.05) is 40.9 Å². The van der Waals surface area contributed by atoms with Crippen LogP contribution in [0.25, 0.3) is 0 Å². The van der Waals surface area contributed by atoms with Gasteiger partial charge in [-0.15, -0.1) is 0 Å². The fraction of sp³-hybridized carbons (Fsp3) is 0.639. The maximum Gasteiger partial charge on any atom is 0.306 e. The summed E-state index contributed by atoms with van der Waals surface area (Å²) >= 11 is 0. The number of amides is 1. The van der Waals surface area contributed by atoms with Crippen LogP contribution in [0.15, 0.2) is 146 Å². The van der Waals surface area contributed by atoms with E-state index in [1.165, 1.54) is 70.6 Å². The predicted molar refractivity (Wildman–Crippen MR) is 353 cm³/mol. The third-order valence-electron chi connectivity index (χ3n) is 13.5. The maximum absolute atomic E-state index is 13.5. The molecule has 0 spiro atoms. The summed E-state index contributed by atoms with van der Waals surface area (Å²) in [5.74, 6) is -0.615. The topological polar surface area (TPSA) is 114 Å². The molecule has 0 fully saturated rings. The second-order valence-electron chi connectivity index (χ2n) is 22.5. The second-order valence-corrected chi connectivity index (χ2v) is 23.9. The number of allylic oxidation sites excluding steroid dienone is 23. The van der Waals surface area contributed by atoms with Crippen molar-refractivity contribution < 1.29 is 37.3 Å². The number of nitrogens with one attached hydrogen (secondary N) is 1. The first-order valence-corrected chi connectivity index (χ1v) is 34.1. The summed E-state index contributed by atoms with van der Waals surface area (Å²) in [5.41, 5.74) is 0. The lowest BCUT2D eigenvalue weighted by Crippen LogP contribution is -2.47. The van der Waals surface area contributed by atoms with Crippen LogP contribution in [0.2, 0.25) is 0 Å². The first-order valence-electron chi connectivity index (χ1n) is 32.6. The fourth-order valence-electron chi connectivity index (χ4n) is 8.55. The molecule has 3 atom stereocenters. The number of phosphoric acid groups is 1. The van der Waals surface area contributed by atoms with Gasteiger partial charge in [0, 0.05) is 12.8 Å². The normalized spacial score (nSPS) is 14.6. The van der Waals surface area contributed by atoms with E-state index >= 15 is 0 Å². The minimum absolute atomic E-state index is 0.0413. The van der Waals surface area contributed by atoms with Crippen LogP contribution in [0, 0.1) is 0 Å². The summed E-state index contributed by atoms with van der Waals surface area (Å²) in [4.78, 5) is 40.1. The number of carbonyl (C=O) groups excluding carboxylic acids is 2. The molecule has 3 unspecified atom stereocenters. The van der Waals surface area contributed by atoms with Crippen LogP contribution >= 0.6 is 7.82 Å². The van der Waals surface area contributed by atoms with E-state index in [4.69, 9.17) is 13.8 Å². The largest absolute Gasteiger partial charge is 0.756 e. The zero-order valence-electron chi connectivity index (χ0n) is 53.1. The van der Waals surface area contributed by atoms with Crippen LogP contribution in [-0.2, 0) is 27.9 Å². The number of esters is 1. The zero-order chi connectivity index (χ0) is 60.0. The molecule has 0 aliphatic carbocycles. The summed E-state index contributed by atoms with van der Waals surface area (Å²) in [6.07, 6.45) is 86.8. The highest BCUT2D eigenvalue weighted by Gasteiger charge is 2.27. The van der Waals surface area contributed by atoms with Gasteiger partial charge >= 0.3 is 5.97 Å². The number of unbranched alkanes of at least 4 members (excludes halogenated alkanes) is 19. The van der Waals surface area contributed by atoms with Crippen molar-refractivity contribution in [3.8, 4) is 0 Å². The van der Waals surface area contributed by atoms with Gasteiger partial charge in [-0.25, -0.2) is 0 Å². The SMILES string of the molecule is CC/C=C\C/C=C\C/C=C\C/C=C\C/C=C\C/C=C\CCCCC(=O)NC(COP(=O)([O-])OCC[N+](C)(C)C)C(/C=C/CCCCCCCCCCCC)OC(=O)CCCCCCCCC/C=C\C/C=C\C/C=C\C/C=C\C/C=C\CC. The Morgan fingerprint density at radius 1 is 0.439 bits per heavy atom. The van der Waals surface area contributed by atoms with E-state index in [1.807, 2.05) is 33.3 Å². The molecule has 10 heteroatoms. The monoisotopic (exact) mass is 1160 g/mol. The Kier molecular flexibility index (Phi) is 57.0. The number of hydrogen-bond donors (Lipinski definition) is 1. The van der Waals surface area contributed by atoms with Crippen molar-refractivity contribution in [3.05, 3.63) is 146 Å². The summed E-state index contributed by atoms with van der Waals surface area (Å²) < 4.78 is 30.3. The maximum atomic E-state index is 13.5. The summed E-state index contributed by atoms with van der Waals surface area (Å²) in [6.45, 7) is 6.55. The molecule has 0 bridgehead atoms. The van der Waals surface area contributed by atoms with Crippen LogP contribution in [-0.4, -0.2) is 69.4 Å². The lowest BCUT2D eigenvalue weighted by atomic mass is 10.0. The van der Waals surface area contributed by atoms with Crippen molar-refractivity contribution in [3.63, 3.8) is 0 Å². The van der Waals surface area contributed by atoms with E-state index in [9.17, 15) is 19.0 Å². The van der Waals surface area contributed by atoms with Gasteiger partial charge in [0.2, 0.25) is 5.91 Å². The number of ether oxygens (including phenoxy) is 1. The van der Waals surface area contributed by atoms with Gasteiger partial charge in [0.15, 0.2) is 0 Å². The van der Waals surface area contributed by atoms with Crippen LogP contribution in [0.1, 0.15) is 245 Å². The molecular weight excluding hydrogens is 1040 g/mol. The zero-order valence-corrected chi connectivity index (χ0v) is 54.0. The first-order chi connectivity index (χ1) is 39.9. The van der Waals surface area contributed by atoms with E-state index in [2.05, 4.69) is 160 Å². The van der Waals surface area contributed by atoms with E-state index in [1.54, 1.807) is 0 Å². The van der Waals surface area contributed by atoms with Crippen LogP contribution in [0.4, 0.5) is 0 Å². The van der Waals surface area contributed by atoms with Gasteiger partial charge in [-0.1, -0.05) is 250 Å². The van der Waals surface area contributed by atoms with Gasteiger partial charge in [0.05, 0.1) is 33.8 Å². The molecular formula is C72H121N2O7P. The Bertz CT molecular complexity index is 1910. The summed E-state index contributed by atoms with van der Waals surface area (Å²) in [5, 5.41) is 3.00. The highest BCUT2D eigenvalue weighted by Crippen LogP contribution is 2.38. The van der Waals surface area contributed by atoms with E-state index in [-0.39, 0.29) is 31.3 Å². The van der Waals surface area contributed by atoms with Gasteiger partial charge in [-0.2, -0.15) is 0 Å². The number of rotatable bonds is 57. The molecule has 0 saturated carbocycles. The Balaban J connectivity index is 5.31. The van der Waals surface area contributed by atoms with Gasteiger partial charge in [-0.05, 0) is 128 Å². The lowest BCUT2D eigenvalue weighted by molar-refractivity contribution is -0.870. The fourth-order valence-corrected chi connectivity index (χ4v) is 9.27. The quantitative estimate of drug-likeness (QED) is 0.0212. The smallest absolute Gasteiger partial charge is 0.306 e. The molecule has 0 radical (unpaired) electrons. The highest BCUT2D eigenvalue weighted by atomic mass is 31.2. The molecule has 82 heavy (non-hydrogen) atoms. The number of hydrogen-bond acceptors (Lipinski definition) is 7. The standard InChI is InChI=1S/C72H121N2O7P/c1-7-10-13-16-19-22-25-28-30-32-34-36-37-39-41-43-45-47-50-53-56-59-62-65-72(76)81-70(63-60-57-54-51-48-27-24-21-18-15-12-9-3)69(68-80-82(77,78)79-67-66-74(4,5)6)73-71(75)64-61-58-55-52-49-46-44-42-40-38-35-33-31-29-26-23-20-17-14-11-8-2/h10-11,13-14,19-20,22-23,28-31,34-36,38-39,41-42,44,49,52,60,63,69-70H,7-9,12,15-18,21,24-27,32-33,37,40,43,45-48,50-51,53-59,61-62,64-68H2,1-6H3,(H-,73,75,77,78)/b13-10-,14-11-,22-19-,23-20-,30-28-,31-29-,36-34-,38-35-,41-39-,44-42-,52-49-,63-60+. The van der Waals surface area contributed by atoms with Gasteiger partial charge < -0.3 is 28.5 Å². The number of quaternary nitrogens is 1. The summed E-state index contributed by atoms with van der Waals surface area (Å²) in [6, 6.07) is -0.928. The summed E-state index contributed by atoms with van der Waals surface area (Å²) in [7, 11) is 1.13. The van der Waals surface area contributed by atoms with E-state index in [0.717, 1.165) is 128 Å². The first kappa shape index (κ1) is 77.9. The number of phosphoric ester groups is 1. The Morgan fingerprint density at radius 2 is 0.780 bits per heavy atom. The van der Waals surface area contributed by atoms with Gasteiger partial charge in [0.1, 0.15) is 19.3 Å². The van der Waals surface area contributed by atoms with Crippen LogP contribution in [0.5, 0.6) is 0 Å².